The number of hydrogen-bond donors (Lipinski definition) is 1. The van der Waals surface area contributed by atoms with Crippen LogP contribution in [0.4, 0.5) is 13.2 Å². The molecule has 2 N–H and O–H groups in total. The smallest absolute Gasteiger partial charge is 0.292 e. The van der Waals surface area contributed by atoms with E-state index in [0.717, 1.165) is 29.0 Å². The second-order valence-electron chi connectivity index (χ2n) is 6.74. The van der Waals surface area contributed by atoms with E-state index in [2.05, 4.69) is 16.8 Å². The Morgan fingerprint density at radius 2 is 1.77 bits per heavy atom. The summed E-state index contributed by atoms with van der Waals surface area (Å²) in [6, 6.07) is 9.75. The largest absolute Gasteiger partial charge is 0.416 e. The number of primary sulfonamides is 1. The Hall–Kier alpha value is -3.13. The van der Waals surface area contributed by atoms with Gasteiger partial charge in [0, 0.05) is 6.20 Å². The maximum Gasteiger partial charge on any atom is 0.416 e. The molecule has 0 fully saturated rings. The molecule has 3 aromatic heterocycles. The molecule has 0 atom stereocenters. The summed E-state index contributed by atoms with van der Waals surface area (Å²) in [4.78, 5) is 4.88. The highest BCUT2D eigenvalue weighted by atomic mass is 32.2. The Bertz CT molecular complexity index is 1460. The number of halogens is 3. The molecule has 0 spiro atoms. The molecule has 4 aromatic rings. The molecule has 158 valence electrons. The Labute approximate surface area is 180 Å². The zero-order valence-corrected chi connectivity index (χ0v) is 17.6. The number of pyridine rings is 1. The van der Waals surface area contributed by atoms with Crippen LogP contribution in [-0.2, 0) is 16.2 Å². The number of nitrogens with two attached hydrogens (primary N) is 1. The molecule has 0 saturated carbocycles. The van der Waals surface area contributed by atoms with Gasteiger partial charge in [-0.1, -0.05) is 12.1 Å². The van der Waals surface area contributed by atoms with Crippen LogP contribution in [0.5, 0.6) is 0 Å². The quantitative estimate of drug-likeness (QED) is 0.449. The first-order valence-corrected chi connectivity index (χ1v) is 11.2. The van der Waals surface area contributed by atoms with Gasteiger partial charge in [-0.05, 0) is 65.8 Å². The third-order valence-electron chi connectivity index (χ3n) is 4.51. The van der Waals surface area contributed by atoms with Crippen LogP contribution in [0.25, 0.3) is 16.8 Å². The fourth-order valence-electron chi connectivity index (χ4n) is 3.03. The summed E-state index contributed by atoms with van der Waals surface area (Å²) in [5.41, 5.74) is 2.68. The molecule has 0 unspecified atom stereocenters. The van der Waals surface area contributed by atoms with Gasteiger partial charge in [-0.15, -0.1) is 11.3 Å². The van der Waals surface area contributed by atoms with Crippen LogP contribution in [0, 0.1) is 18.8 Å². The average molecular weight is 461 g/mol. The number of benzene rings is 1. The molecule has 10 heteroatoms. The summed E-state index contributed by atoms with van der Waals surface area (Å²) < 4.78 is 63.1. The monoisotopic (exact) mass is 461 g/mol. The Morgan fingerprint density at radius 3 is 2.39 bits per heavy atom. The first-order chi connectivity index (χ1) is 14.5. The summed E-state index contributed by atoms with van der Waals surface area (Å²) in [5, 5.41) is 5.11. The number of fused-ring (bicyclic) bond motifs is 1. The number of nitrogens with zero attached hydrogens (tertiary/aromatic N) is 2. The van der Waals surface area contributed by atoms with E-state index in [1.807, 2.05) is 13.0 Å². The van der Waals surface area contributed by atoms with Crippen molar-refractivity contribution in [3.63, 3.8) is 0 Å². The lowest BCUT2D eigenvalue weighted by Crippen LogP contribution is -2.09. The second-order valence-corrected chi connectivity index (χ2v) is 9.61. The van der Waals surface area contributed by atoms with Gasteiger partial charge in [-0.3, -0.25) is 4.40 Å². The molecule has 4 rings (SSSR count). The molecule has 0 aliphatic rings. The highest BCUT2D eigenvalue weighted by Gasteiger charge is 2.30. The fraction of sp³-hybridized carbons (Fsp3) is 0.0952. The molecule has 0 saturated heterocycles. The predicted octanol–water partition coefficient (Wildman–Crippen LogP) is 4.44. The van der Waals surface area contributed by atoms with Crippen LogP contribution in [0.1, 0.15) is 21.7 Å². The van der Waals surface area contributed by atoms with E-state index >= 15 is 0 Å². The summed E-state index contributed by atoms with van der Waals surface area (Å²) in [6.07, 6.45) is -1.05. The minimum atomic E-state index is -4.39. The summed E-state index contributed by atoms with van der Waals surface area (Å²) >= 11 is 0.965. The van der Waals surface area contributed by atoms with E-state index in [9.17, 15) is 21.6 Å². The first kappa shape index (κ1) is 21.1. The molecule has 0 radical (unpaired) electrons. The lowest BCUT2D eigenvalue weighted by atomic mass is 10.0. The topological polar surface area (TPSA) is 77.5 Å². The number of aromatic nitrogens is 2. The van der Waals surface area contributed by atoms with Gasteiger partial charge in [-0.25, -0.2) is 18.5 Å². The molecule has 0 aliphatic heterocycles. The van der Waals surface area contributed by atoms with Crippen LogP contribution in [-0.4, -0.2) is 17.8 Å². The van der Waals surface area contributed by atoms with Crippen LogP contribution in [0.2, 0.25) is 0 Å². The summed E-state index contributed by atoms with van der Waals surface area (Å²) in [7, 11) is -3.78. The maximum atomic E-state index is 12.8. The highest BCUT2D eigenvalue weighted by Crippen LogP contribution is 2.31. The molecule has 0 amide bonds. The third-order valence-corrected chi connectivity index (χ3v) is 6.95. The van der Waals surface area contributed by atoms with Gasteiger partial charge in [-0.2, -0.15) is 13.2 Å². The van der Waals surface area contributed by atoms with E-state index in [1.54, 1.807) is 22.9 Å². The standard InChI is InChI=1S/C21H14F3N3O2S2/c1-13-10-15(14-2-4-16(5-3-14)21(22,23)24)12-27-17(11-26-20(13)27)6-7-18-8-9-19(30-18)31(25,28)29/h2-5,8-12H,1H3,(H2,25,28,29). The number of imidazole rings is 1. The lowest BCUT2D eigenvalue weighted by Gasteiger charge is -2.09. The van der Waals surface area contributed by atoms with Crippen molar-refractivity contribution >= 4 is 27.0 Å². The van der Waals surface area contributed by atoms with Crippen molar-refractivity contribution in [3.8, 4) is 23.0 Å². The van der Waals surface area contributed by atoms with Crippen molar-refractivity contribution < 1.29 is 21.6 Å². The number of hydrogen-bond acceptors (Lipinski definition) is 4. The zero-order valence-electron chi connectivity index (χ0n) is 15.9. The molecule has 0 bridgehead atoms. The van der Waals surface area contributed by atoms with E-state index in [0.29, 0.717) is 27.3 Å². The molecule has 3 heterocycles. The number of aryl methyl sites for hydroxylation is 1. The highest BCUT2D eigenvalue weighted by molar-refractivity contribution is 7.91. The molecule has 1 aromatic carbocycles. The third kappa shape index (κ3) is 4.34. The fourth-order valence-corrected chi connectivity index (χ4v) is 4.61. The predicted molar refractivity (Wildman–Crippen MR) is 112 cm³/mol. The minimum absolute atomic E-state index is 0.0235. The molecule has 5 nitrogen and oxygen atoms in total. The minimum Gasteiger partial charge on any atom is -0.292 e. The van der Waals surface area contributed by atoms with Crippen molar-refractivity contribution in [2.75, 3.05) is 0 Å². The van der Waals surface area contributed by atoms with Gasteiger partial charge in [0.05, 0.1) is 16.6 Å². The summed E-state index contributed by atoms with van der Waals surface area (Å²) in [5.74, 6) is 5.86. The van der Waals surface area contributed by atoms with E-state index in [4.69, 9.17) is 5.14 Å². The SMILES string of the molecule is Cc1cc(-c2ccc(C(F)(F)F)cc2)cn2c(C#Cc3ccc(S(N)(=O)=O)s3)cnc12. The van der Waals surface area contributed by atoms with E-state index in [-0.39, 0.29) is 4.21 Å². The normalized spacial score (nSPS) is 12.0. The van der Waals surface area contributed by atoms with Gasteiger partial charge in [0.25, 0.3) is 0 Å². The molecule has 31 heavy (non-hydrogen) atoms. The second kappa shape index (κ2) is 7.53. The summed E-state index contributed by atoms with van der Waals surface area (Å²) in [6.45, 7) is 1.85. The molecule has 0 aliphatic carbocycles. The van der Waals surface area contributed by atoms with Gasteiger partial charge in [0.1, 0.15) is 15.6 Å². The molecular weight excluding hydrogens is 447 g/mol. The number of thiophene rings is 1. The van der Waals surface area contributed by atoms with Crippen LogP contribution >= 0.6 is 11.3 Å². The van der Waals surface area contributed by atoms with Crippen molar-refractivity contribution in [2.24, 2.45) is 5.14 Å². The Morgan fingerprint density at radius 1 is 1.06 bits per heavy atom. The van der Waals surface area contributed by atoms with Gasteiger partial charge in [0.15, 0.2) is 0 Å². The lowest BCUT2D eigenvalue weighted by molar-refractivity contribution is -0.137. The van der Waals surface area contributed by atoms with Crippen LogP contribution in [0.15, 0.2) is 59.1 Å². The van der Waals surface area contributed by atoms with Crippen molar-refractivity contribution in [3.05, 3.63) is 76.6 Å². The number of rotatable bonds is 2. The van der Waals surface area contributed by atoms with Crippen molar-refractivity contribution in [2.45, 2.75) is 17.3 Å². The van der Waals surface area contributed by atoms with Crippen LogP contribution < -0.4 is 5.14 Å². The van der Waals surface area contributed by atoms with Crippen molar-refractivity contribution in [1.29, 1.82) is 0 Å². The average Bonchev–Trinajstić information content (AvgIpc) is 3.33. The zero-order chi connectivity index (χ0) is 22.4. The Kier molecular flexibility index (Phi) is 5.13. The van der Waals surface area contributed by atoms with Gasteiger partial charge < -0.3 is 0 Å². The van der Waals surface area contributed by atoms with E-state index < -0.39 is 21.8 Å². The van der Waals surface area contributed by atoms with Crippen molar-refractivity contribution in [1.82, 2.24) is 9.38 Å². The van der Waals surface area contributed by atoms with Gasteiger partial charge >= 0.3 is 6.18 Å². The van der Waals surface area contributed by atoms with Gasteiger partial charge in [0.2, 0.25) is 10.0 Å². The number of alkyl halides is 3. The first-order valence-electron chi connectivity index (χ1n) is 8.82. The molecular formula is C21H14F3N3O2S2. The number of sulfonamides is 1. The maximum absolute atomic E-state index is 12.8. The van der Waals surface area contributed by atoms with E-state index in [1.165, 1.54) is 18.2 Å². The Balaban J connectivity index is 1.73. The van der Waals surface area contributed by atoms with Crippen LogP contribution in [0.3, 0.4) is 0 Å².